The smallest absolute Gasteiger partial charge is 0.222 e. The Balaban J connectivity index is 3.85. The molecule has 1 atom stereocenters. The molecule has 0 radical (unpaired) electrons. The van der Waals surface area contributed by atoms with E-state index in [4.69, 9.17) is 4.74 Å². The maximum atomic E-state index is 11.3. The zero-order valence-corrected chi connectivity index (χ0v) is 9.32. The largest absolute Gasteiger partial charge is 0.389 e. The fourth-order valence-corrected chi connectivity index (χ4v) is 1.19. The van der Waals surface area contributed by atoms with E-state index in [1.807, 2.05) is 20.8 Å². The van der Waals surface area contributed by atoms with Gasteiger partial charge in [0, 0.05) is 26.1 Å². The number of hydrogen-bond donors (Lipinski definition) is 1. The summed E-state index contributed by atoms with van der Waals surface area (Å²) in [5.41, 5.74) is 0. The second kappa shape index (κ2) is 7.76. The van der Waals surface area contributed by atoms with Crippen LogP contribution in [-0.2, 0) is 9.53 Å². The summed E-state index contributed by atoms with van der Waals surface area (Å²) in [6.45, 7) is 7.48. The molecule has 4 nitrogen and oxygen atoms in total. The maximum absolute atomic E-state index is 11.3. The van der Waals surface area contributed by atoms with E-state index in [0.29, 0.717) is 32.7 Å². The lowest BCUT2D eigenvalue weighted by atomic mass is 10.3. The predicted molar refractivity (Wildman–Crippen MR) is 55.0 cm³/mol. The average Bonchev–Trinajstić information content (AvgIpc) is 2.21. The van der Waals surface area contributed by atoms with E-state index in [0.717, 1.165) is 0 Å². The molecule has 4 heteroatoms. The van der Waals surface area contributed by atoms with Crippen molar-refractivity contribution in [2.75, 3.05) is 26.3 Å². The lowest BCUT2D eigenvalue weighted by Gasteiger charge is -2.23. The minimum atomic E-state index is -0.578. The van der Waals surface area contributed by atoms with E-state index >= 15 is 0 Å². The molecule has 0 saturated heterocycles. The van der Waals surface area contributed by atoms with Crippen LogP contribution in [0.1, 0.15) is 27.2 Å². The summed E-state index contributed by atoms with van der Waals surface area (Å²) in [7, 11) is 0. The van der Waals surface area contributed by atoms with Crippen LogP contribution in [0.5, 0.6) is 0 Å². The normalized spacial score (nSPS) is 12.6. The highest BCUT2D eigenvalue weighted by Gasteiger charge is 2.14. The molecule has 0 aliphatic carbocycles. The van der Waals surface area contributed by atoms with E-state index in [1.165, 1.54) is 0 Å². The van der Waals surface area contributed by atoms with E-state index in [9.17, 15) is 9.90 Å². The molecule has 1 amide bonds. The number of carbonyl (C=O) groups is 1. The first kappa shape index (κ1) is 13.4. The van der Waals surface area contributed by atoms with Crippen molar-refractivity contribution in [1.82, 2.24) is 4.90 Å². The molecule has 84 valence electrons. The quantitative estimate of drug-likeness (QED) is 0.660. The lowest BCUT2D eigenvalue weighted by Crippen LogP contribution is -2.38. The molecule has 1 N–H and O–H groups in total. The first-order valence-electron chi connectivity index (χ1n) is 5.19. The molecule has 0 aromatic rings. The van der Waals surface area contributed by atoms with Crippen molar-refractivity contribution in [2.45, 2.75) is 33.3 Å². The Hall–Kier alpha value is -0.610. The highest BCUT2D eigenvalue weighted by atomic mass is 16.5. The van der Waals surface area contributed by atoms with E-state index in [2.05, 4.69) is 0 Å². The van der Waals surface area contributed by atoms with Gasteiger partial charge in [0.05, 0.1) is 12.7 Å². The Bertz CT molecular complexity index is 161. The Morgan fingerprint density at radius 2 is 2.07 bits per heavy atom. The average molecular weight is 203 g/mol. The molecule has 0 bridgehead atoms. The summed E-state index contributed by atoms with van der Waals surface area (Å²) in [5, 5.41) is 9.51. The van der Waals surface area contributed by atoms with Crippen LogP contribution in [0.15, 0.2) is 0 Å². The van der Waals surface area contributed by atoms with Crippen molar-refractivity contribution >= 4 is 5.91 Å². The molecule has 0 aliphatic heterocycles. The number of hydrogen-bond acceptors (Lipinski definition) is 3. The van der Waals surface area contributed by atoms with Gasteiger partial charge in [-0.05, 0) is 13.8 Å². The molecule has 0 aliphatic rings. The Morgan fingerprint density at radius 3 is 2.50 bits per heavy atom. The number of nitrogens with zero attached hydrogens (tertiary/aromatic N) is 1. The SMILES string of the molecule is CCOCC(O)CN(CC)C(=O)CC. The van der Waals surface area contributed by atoms with Gasteiger partial charge in [-0.2, -0.15) is 0 Å². The van der Waals surface area contributed by atoms with Gasteiger partial charge in [0.15, 0.2) is 0 Å². The summed E-state index contributed by atoms with van der Waals surface area (Å²) in [5.74, 6) is 0.0723. The van der Waals surface area contributed by atoms with Gasteiger partial charge in [-0.3, -0.25) is 4.79 Å². The van der Waals surface area contributed by atoms with Gasteiger partial charge in [-0.1, -0.05) is 6.92 Å². The summed E-state index contributed by atoms with van der Waals surface area (Å²) >= 11 is 0. The van der Waals surface area contributed by atoms with Crippen molar-refractivity contribution in [3.63, 3.8) is 0 Å². The molecule has 0 spiro atoms. The second-order valence-electron chi connectivity index (χ2n) is 3.10. The highest BCUT2D eigenvalue weighted by Crippen LogP contribution is 1.97. The summed E-state index contributed by atoms with van der Waals surface area (Å²) in [6.07, 6.45) is -0.0970. The molecule has 14 heavy (non-hydrogen) atoms. The minimum absolute atomic E-state index is 0.0723. The maximum Gasteiger partial charge on any atom is 0.222 e. The van der Waals surface area contributed by atoms with Crippen molar-refractivity contribution in [3.05, 3.63) is 0 Å². The standard InChI is InChI=1S/C10H21NO3/c1-4-10(13)11(5-2)7-9(12)8-14-6-3/h9,12H,4-8H2,1-3H3. The molecule has 0 rings (SSSR count). The monoisotopic (exact) mass is 203 g/mol. The zero-order valence-electron chi connectivity index (χ0n) is 9.32. The molecular weight excluding hydrogens is 182 g/mol. The molecule has 0 heterocycles. The summed E-state index contributed by atoms with van der Waals surface area (Å²) in [4.78, 5) is 13.0. The van der Waals surface area contributed by atoms with Gasteiger partial charge in [0.2, 0.25) is 5.91 Å². The zero-order chi connectivity index (χ0) is 11.0. The molecule has 1 unspecified atom stereocenters. The van der Waals surface area contributed by atoms with Gasteiger partial charge in [0.1, 0.15) is 0 Å². The van der Waals surface area contributed by atoms with Gasteiger partial charge >= 0.3 is 0 Å². The molecule has 0 aromatic heterocycles. The first-order valence-corrected chi connectivity index (χ1v) is 5.19. The highest BCUT2D eigenvalue weighted by molar-refractivity contribution is 5.75. The Morgan fingerprint density at radius 1 is 1.43 bits per heavy atom. The topological polar surface area (TPSA) is 49.8 Å². The van der Waals surface area contributed by atoms with Gasteiger partial charge in [0.25, 0.3) is 0 Å². The number of rotatable bonds is 7. The fourth-order valence-electron chi connectivity index (χ4n) is 1.19. The second-order valence-corrected chi connectivity index (χ2v) is 3.10. The van der Waals surface area contributed by atoms with Crippen LogP contribution in [0, 0.1) is 0 Å². The third kappa shape index (κ3) is 5.19. The third-order valence-corrected chi connectivity index (χ3v) is 1.98. The van der Waals surface area contributed by atoms with Crippen LogP contribution in [0.25, 0.3) is 0 Å². The number of aliphatic hydroxyl groups is 1. The third-order valence-electron chi connectivity index (χ3n) is 1.98. The van der Waals surface area contributed by atoms with Gasteiger partial charge in [-0.25, -0.2) is 0 Å². The molecular formula is C10H21NO3. The van der Waals surface area contributed by atoms with E-state index in [-0.39, 0.29) is 5.91 Å². The van der Waals surface area contributed by atoms with Gasteiger partial charge in [-0.15, -0.1) is 0 Å². The van der Waals surface area contributed by atoms with Crippen molar-refractivity contribution in [3.8, 4) is 0 Å². The number of aliphatic hydroxyl groups excluding tert-OH is 1. The van der Waals surface area contributed by atoms with E-state index < -0.39 is 6.10 Å². The van der Waals surface area contributed by atoms with Crippen LogP contribution in [0.3, 0.4) is 0 Å². The van der Waals surface area contributed by atoms with Crippen LogP contribution in [-0.4, -0.2) is 48.3 Å². The summed E-state index contributed by atoms with van der Waals surface area (Å²) < 4.78 is 5.07. The first-order chi connectivity index (χ1) is 6.65. The van der Waals surface area contributed by atoms with E-state index in [1.54, 1.807) is 4.90 Å². The van der Waals surface area contributed by atoms with Crippen LogP contribution in [0.2, 0.25) is 0 Å². The number of likely N-dealkylation sites (N-methyl/N-ethyl adjacent to an activating group) is 1. The van der Waals surface area contributed by atoms with Crippen molar-refractivity contribution in [1.29, 1.82) is 0 Å². The van der Waals surface area contributed by atoms with Crippen molar-refractivity contribution < 1.29 is 14.6 Å². The van der Waals surface area contributed by atoms with Crippen molar-refractivity contribution in [2.24, 2.45) is 0 Å². The van der Waals surface area contributed by atoms with Crippen LogP contribution in [0.4, 0.5) is 0 Å². The molecule has 0 aromatic carbocycles. The minimum Gasteiger partial charge on any atom is -0.389 e. The predicted octanol–water partition coefficient (Wildman–Crippen LogP) is 0.642. The number of carbonyl (C=O) groups excluding carboxylic acids is 1. The Kier molecular flexibility index (Phi) is 7.42. The number of amides is 1. The number of ether oxygens (including phenoxy) is 1. The molecule has 0 fully saturated rings. The summed E-state index contributed by atoms with van der Waals surface area (Å²) in [6, 6.07) is 0. The molecule has 0 saturated carbocycles. The lowest BCUT2D eigenvalue weighted by molar-refractivity contribution is -0.132. The van der Waals surface area contributed by atoms with Crippen LogP contribution < -0.4 is 0 Å². The van der Waals surface area contributed by atoms with Crippen LogP contribution >= 0.6 is 0 Å². The van der Waals surface area contributed by atoms with Gasteiger partial charge < -0.3 is 14.7 Å². The fraction of sp³-hybridized carbons (Fsp3) is 0.900. The Labute approximate surface area is 85.9 Å².